The molecule has 2 heterocycles. The monoisotopic (exact) mass is 338 g/mol. The molecule has 0 saturated carbocycles. The van der Waals surface area contributed by atoms with E-state index in [4.69, 9.17) is 4.42 Å². The van der Waals surface area contributed by atoms with Crippen molar-refractivity contribution in [2.75, 3.05) is 6.54 Å². The van der Waals surface area contributed by atoms with Crippen LogP contribution in [-0.2, 0) is 6.54 Å². The van der Waals surface area contributed by atoms with Gasteiger partial charge >= 0.3 is 5.63 Å². The number of para-hydroxylation sites is 1. The van der Waals surface area contributed by atoms with Crippen molar-refractivity contribution >= 4 is 16.9 Å². The maximum atomic E-state index is 12.2. The van der Waals surface area contributed by atoms with Gasteiger partial charge in [0.25, 0.3) is 11.5 Å². The fourth-order valence-electron chi connectivity index (χ4n) is 2.56. The van der Waals surface area contributed by atoms with Gasteiger partial charge in [-0.15, -0.1) is 0 Å². The van der Waals surface area contributed by atoms with Crippen LogP contribution in [0, 0.1) is 6.92 Å². The molecule has 0 aliphatic carbocycles. The number of hydrogen-bond acceptors (Lipinski definition) is 4. The zero-order valence-electron chi connectivity index (χ0n) is 13.8. The van der Waals surface area contributed by atoms with Gasteiger partial charge in [-0.3, -0.25) is 9.59 Å². The Morgan fingerprint density at radius 1 is 1.16 bits per heavy atom. The number of amides is 1. The molecular weight excluding hydrogens is 320 g/mol. The van der Waals surface area contributed by atoms with E-state index in [9.17, 15) is 14.4 Å². The number of carbonyl (C=O) groups excluding carboxylic acids is 1. The zero-order valence-corrected chi connectivity index (χ0v) is 13.8. The summed E-state index contributed by atoms with van der Waals surface area (Å²) in [5.41, 5.74) is 0.610. The third-order valence-electron chi connectivity index (χ3n) is 3.90. The van der Waals surface area contributed by atoms with Gasteiger partial charge < -0.3 is 14.3 Å². The van der Waals surface area contributed by atoms with Crippen molar-refractivity contribution in [3.05, 3.63) is 80.6 Å². The first-order valence-corrected chi connectivity index (χ1v) is 8.03. The molecule has 1 amide bonds. The normalized spacial score (nSPS) is 10.8. The number of benzene rings is 1. The quantitative estimate of drug-likeness (QED) is 0.570. The van der Waals surface area contributed by atoms with E-state index < -0.39 is 11.5 Å². The third kappa shape index (κ3) is 3.85. The Labute approximate surface area is 143 Å². The van der Waals surface area contributed by atoms with E-state index in [1.54, 1.807) is 35.0 Å². The minimum Gasteiger partial charge on any atom is -0.422 e. The topological polar surface area (TPSA) is 81.3 Å². The smallest absolute Gasteiger partial charge is 0.349 e. The van der Waals surface area contributed by atoms with Gasteiger partial charge in [0.2, 0.25) is 0 Å². The third-order valence-corrected chi connectivity index (χ3v) is 3.90. The summed E-state index contributed by atoms with van der Waals surface area (Å²) in [5.74, 6) is -0.476. The van der Waals surface area contributed by atoms with Crippen LogP contribution in [0.5, 0.6) is 0 Å². The molecule has 0 unspecified atom stereocenters. The van der Waals surface area contributed by atoms with Gasteiger partial charge in [-0.05, 0) is 37.1 Å². The first-order valence-electron chi connectivity index (χ1n) is 8.03. The lowest BCUT2D eigenvalue weighted by Crippen LogP contribution is -2.30. The molecule has 0 aliphatic heterocycles. The molecule has 128 valence electrons. The average molecular weight is 338 g/mol. The van der Waals surface area contributed by atoms with Gasteiger partial charge in [0.15, 0.2) is 0 Å². The predicted molar refractivity (Wildman–Crippen MR) is 94.9 cm³/mol. The minimum atomic E-state index is -0.661. The fourth-order valence-corrected chi connectivity index (χ4v) is 2.56. The summed E-state index contributed by atoms with van der Waals surface area (Å²) in [6.45, 7) is 2.71. The number of hydrogen-bond donors (Lipinski definition) is 1. The van der Waals surface area contributed by atoms with Gasteiger partial charge in [-0.2, -0.15) is 0 Å². The molecule has 0 radical (unpaired) electrons. The highest BCUT2D eigenvalue weighted by Crippen LogP contribution is 2.12. The first-order chi connectivity index (χ1) is 12.0. The van der Waals surface area contributed by atoms with Crippen LogP contribution in [-0.4, -0.2) is 17.0 Å². The van der Waals surface area contributed by atoms with Gasteiger partial charge in [-0.25, -0.2) is 4.79 Å². The molecule has 0 spiro atoms. The van der Waals surface area contributed by atoms with E-state index in [-0.39, 0.29) is 11.1 Å². The second-order valence-corrected chi connectivity index (χ2v) is 5.83. The standard InChI is InChI=1S/C19H18N2O4/c1-13-7-10-21(17(22)11-13)9-4-8-20-18(23)15-12-14-5-2-3-6-16(14)25-19(15)24/h2-3,5-7,10-12H,4,8-9H2,1H3,(H,20,23). The molecule has 1 N–H and O–H groups in total. The summed E-state index contributed by atoms with van der Waals surface area (Å²) in [5, 5.41) is 3.38. The van der Waals surface area contributed by atoms with E-state index in [1.165, 1.54) is 6.07 Å². The van der Waals surface area contributed by atoms with Crippen LogP contribution >= 0.6 is 0 Å². The van der Waals surface area contributed by atoms with E-state index >= 15 is 0 Å². The highest BCUT2D eigenvalue weighted by Gasteiger charge is 2.12. The molecule has 0 fully saturated rings. The molecule has 0 aliphatic rings. The van der Waals surface area contributed by atoms with Crippen LogP contribution in [0.25, 0.3) is 11.0 Å². The summed E-state index contributed by atoms with van der Waals surface area (Å²) in [6.07, 6.45) is 2.31. The van der Waals surface area contributed by atoms with Crippen molar-refractivity contribution in [3.63, 3.8) is 0 Å². The Balaban J connectivity index is 1.62. The molecule has 2 aromatic heterocycles. The molecule has 6 heteroatoms. The van der Waals surface area contributed by atoms with E-state index in [2.05, 4.69) is 5.32 Å². The lowest BCUT2D eigenvalue weighted by atomic mass is 10.2. The molecule has 3 aromatic rings. The van der Waals surface area contributed by atoms with Crippen molar-refractivity contribution in [3.8, 4) is 0 Å². The summed E-state index contributed by atoms with van der Waals surface area (Å²) in [4.78, 5) is 35.9. The van der Waals surface area contributed by atoms with Crippen LogP contribution in [0.4, 0.5) is 0 Å². The number of aryl methyl sites for hydroxylation is 2. The SMILES string of the molecule is Cc1ccn(CCCNC(=O)c2cc3ccccc3oc2=O)c(=O)c1. The van der Waals surface area contributed by atoms with Gasteiger partial charge in [0, 0.05) is 30.7 Å². The maximum absolute atomic E-state index is 12.2. The molecular formula is C19H18N2O4. The Bertz CT molecular complexity index is 1030. The Morgan fingerprint density at radius 2 is 1.96 bits per heavy atom. The fraction of sp³-hybridized carbons (Fsp3) is 0.211. The summed E-state index contributed by atoms with van der Waals surface area (Å²) >= 11 is 0. The van der Waals surface area contributed by atoms with Crippen LogP contribution in [0.15, 0.2) is 62.7 Å². The highest BCUT2D eigenvalue weighted by atomic mass is 16.4. The summed E-state index contributed by atoms with van der Waals surface area (Å²) in [7, 11) is 0. The van der Waals surface area contributed by atoms with Crippen LogP contribution in [0.3, 0.4) is 0 Å². The van der Waals surface area contributed by atoms with E-state index in [0.29, 0.717) is 30.5 Å². The average Bonchev–Trinajstić information content (AvgIpc) is 2.59. The zero-order chi connectivity index (χ0) is 17.8. The molecule has 0 atom stereocenters. The molecule has 25 heavy (non-hydrogen) atoms. The second kappa shape index (κ2) is 7.17. The number of pyridine rings is 1. The number of fused-ring (bicyclic) bond motifs is 1. The molecule has 0 saturated heterocycles. The van der Waals surface area contributed by atoms with E-state index in [0.717, 1.165) is 5.56 Å². The summed E-state index contributed by atoms with van der Waals surface area (Å²) in [6, 6.07) is 12.0. The van der Waals surface area contributed by atoms with Crippen LogP contribution in [0.1, 0.15) is 22.3 Å². The highest BCUT2D eigenvalue weighted by molar-refractivity contribution is 5.96. The Kier molecular flexibility index (Phi) is 4.79. The van der Waals surface area contributed by atoms with Crippen molar-refractivity contribution in [2.24, 2.45) is 0 Å². The Hall–Kier alpha value is -3.15. The van der Waals surface area contributed by atoms with Crippen molar-refractivity contribution in [2.45, 2.75) is 19.9 Å². The molecule has 3 rings (SSSR count). The predicted octanol–water partition coefficient (Wildman–Crippen LogP) is 2.08. The van der Waals surface area contributed by atoms with E-state index in [1.807, 2.05) is 19.1 Å². The molecule has 6 nitrogen and oxygen atoms in total. The molecule has 1 aromatic carbocycles. The lowest BCUT2D eigenvalue weighted by Gasteiger charge is -2.07. The maximum Gasteiger partial charge on any atom is 0.349 e. The van der Waals surface area contributed by atoms with Crippen molar-refractivity contribution < 1.29 is 9.21 Å². The first kappa shape index (κ1) is 16.7. The van der Waals surface area contributed by atoms with Crippen molar-refractivity contribution in [1.82, 2.24) is 9.88 Å². The second-order valence-electron chi connectivity index (χ2n) is 5.83. The largest absolute Gasteiger partial charge is 0.422 e. The minimum absolute atomic E-state index is 0.0220. The van der Waals surface area contributed by atoms with Gasteiger partial charge in [0.1, 0.15) is 11.1 Å². The van der Waals surface area contributed by atoms with Gasteiger partial charge in [-0.1, -0.05) is 18.2 Å². The van der Waals surface area contributed by atoms with Crippen LogP contribution < -0.4 is 16.5 Å². The molecule has 0 bridgehead atoms. The number of aromatic nitrogens is 1. The lowest BCUT2D eigenvalue weighted by molar-refractivity contribution is 0.0949. The number of carbonyl (C=O) groups is 1. The Morgan fingerprint density at radius 3 is 2.76 bits per heavy atom. The summed E-state index contributed by atoms with van der Waals surface area (Å²) < 4.78 is 6.74. The van der Waals surface area contributed by atoms with Crippen LogP contribution in [0.2, 0.25) is 0 Å². The van der Waals surface area contributed by atoms with Crippen molar-refractivity contribution in [1.29, 1.82) is 0 Å². The number of nitrogens with zero attached hydrogens (tertiary/aromatic N) is 1. The number of nitrogens with one attached hydrogen (secondary N) is 1. The van der Waals surface area contributed by atoms with Gasteiger partial charge in [0.05, 0.1) is 0 Å². The number of rotatable bonds is 5.